The molecule has 0 aliphatic carbocycles. The van der Waals surface area contributed by atoms with Crippen LogP contribution in [0.1, 0.15) is 84.0 Å². The van der Waals surface area contributed by atoms with Gasteiger partial charge in [0.15, 0.2) is 0 Å². The van der Waals surface area contributed by atoms with Crippen LogP contribution in [0.25, 0.3) is 0 Å². The first kappa shape index (κ1) is 22.9. The minimum atomic E-state index is -0.0995. The van der Waals surface area contributed by atoms with Crippen molar-refractivity contribution in [1.82, 2.24) is 5.06 Å². The number of hydroxylamine groups is 2. The zero-order valence-electron chi connectivity index (χ0n) is 16.8. The van der Waals surface area contributed by atoms with E-state index in [-0.39, 0.29) is 5.97 Å². The molecule has 0 unspecified atom stereocenters. The van der Waals surface area contributed by atoms with Crippen LogP contribution in [-0.4, -0.2) is 37.3 Å². The van der Waals surface area contributed by atoms with Gasteiger partial charge in [-0.15, -0.1) is 5.06 Å². The summed E-state index contributed by atoms with van der Waals surface area (Å²) in [6, 6.07) is 0. The topological polar surface area (TPSA) is 38.8 Å². The second kappa shape index (κ2) is 17.3. The van der Waals surface area contributed by atoms with Crippen molar-refractivity contribution in [2.75, 3.05) is 26.3 Å². The maximum atomic E-state index is 11.7. The summed E-state index contributed by atoms with van der Waals surface area (Å²) < 4.78 is 5.23. The standard InChI is InChI=1S/C22H39NO3/c1-2-3-4-5-6-7-8-9-10-11-12-13-14-15-16-17-22(24)26-23-18-20-25-21-19-23/h6-7,9-10H,2-5,8,11-21H2,1H3/b7-6-,10-9-. The third-order valence-corrected chi connectivity index (χ3v) is 4.53. The highest BCUT2D eigenvalue weighted by atomic mass is 16.7. The van der Waals surface area contributed by atoms with Crippen LogP contribution in [0.3, 0.4) is 0 Å². The lowest BCUT2D eigenvalue weighted by Crippen LogP contribution is -2.37. The van der Waals surface area contributed by atoms with Crippen LogP contribution in [0.5, 0.6) is 0 Å². The van der Waals surface area contributed by atoms with E-state index in [9.17, 15) is 4.79 Å². The van der Waals surface area contributed by atoms with Crippen molar-refractivity contribution in [3.8, 4) is 0 Å². The molecular formula is C22H39NO3. The molecule has 1 aliphatic rings. The number of ether oxygens (including phenoxy) is 1. The fraction of sp³-hybridized carbons (Fsp3) is 0.773. The molecule has 0 spiro atoms. The Labute approximate surface area is 160 Å². The molecular weight excluding hydrogens is 326 g/mol. The van der Waals surface area contributed by atoms with Gasteiger partial charge in [0, 0.05) is 6.42 Å². The van der Waals surface area contributed by atoms with Gasteiger partial charge in [0.05, 0.1) is 26.3 Å². The number of carbonyl (C=O) groups excluding carboxylic acids is 1. The lowest BCUT2D eigenvalue weighted by atomic mass is 10.1. The van der Waals surface area contributed by atoms with Crippen molar-refractivity contribution in [2.45, 2.75) is 84.0 Å². The molecule has 0 saturated carbocycles. The Morgan fingerprint density at radius 3 is 2.19 bits per heavy atom. The number of allylic oxidation sites excluding steroid dienone is 4. The minimum Gasteiger partial charge on any atom is -0.379 e. The molecule has 0 aromatic rings. The Balaban J connectivity index is 1.82. The second-order valence-corrected chi connectivity index (χ2v) is 6.99. The van der Waals surface area contributed by atoms with Gasteiger partial charge in [-0.1, -0.05) is 63.3 Å². The summed E-state index contributed by atoms with van der Waals surface area (Å²) in [5.74, 6) is -0.0995. The highest BCUT2D eigenvalue weighted by Gasteiger charge is 2.14. The first-order valence-electron chi connectivity index (χ1n) is 10.7. The van der Waals surface area contributed by atoms with Crippen molar-refractivity contribution < 1.29 is 14.4 Å². The number of rotatable bonds is 15. The first-order valence-corrected chi connectivity index (χ1v) is 10.7. The van der Waals surface area contributed by atoms with Crippen LogP contribution in [0.4, 0.5) is 0 Å². The number of hydrogen-bond donors (Lipinski definition) is 0. The van der Waals surface area contributed by atoms with Crippen LogP contribution in [0.15, 0.2) is 24.3 Å². The van der Waals surface area contributed by atoms with E-state index in [1.54, 1.807) is 5.06 Å². The highest BCUT2D eigenvalue weighted by molar-refractivity contribution is 5.68. The Morgan fingerprint density at radius 2 is 1.50 bits per heavy atom. The van der Waals surface area contributed by atoms with E-state index in [2.05, 4.69) is 31.2 Å². The smallest absolute Gasteiger partial charge is 0.325 e. The van der Waals surface area contributed by atoms with Crippen LogP contribution in [0.2, 0.25) is 0 Å². The first-order chi connectivity index (χ1) is 12.8. The molecule has 0 aromatic carbocycles. The van der Waals surface area contributed by atoms with Gasteiger partial charge in [-0.3, -0.25) is 4.79 Å². The molecule has 4 nitrogen and oxygen atoms in total. The van der Waals surface area contributed by atoms with Gasteiger partial charge in [0.1, 0.15) is 0 Å². The molecule has 0 atom stereocenters. The van der Waals surface area contributed by atoms with Crippen molar-refractivity contribution in [1.29, 1.82) is 0 Å². The highest BCUT2D eigenvalue weighted by Crippen LogP contribution is 2.09. The molecule has 1 aliphatic heterocycles. The summed E-state index contributed by atoms with van der Waals surface area (Å²) in [7, 11) is 0. The lowest BCUT2D eigenvalue weighted by molar-refractivity contribution is -0.205. The number of carbonyl (C=O) groups is 1. The molecule has 4 heteroatoms. The van der Waals surface area contributed by atoms with Crippen LogP contribution < -0.4 is 0 Å². The van der Waals surface area contributed by atoms with Gasteiger partial charge < -0.3 is 9.57 Å². The molecule has 1 heterocycles. The zero-order chi connectivity index (χ0) is 18.7. The van der Waals surface area contributed by atoms with Gasteiger partial charge in [-0.2, -0.15) is 0 Å². The third-order valence-electron chi connectivity index (χ3n) is 4.53. The maximum Gasteiger partial charge on any atom is 0.325 e. The molecule has 1 rings (SSSR count). The summed E-state index contributed by atoms with van der Waals surface area (Å²) in [6.45, 7) is 4.92. The summed E-state index contributed by atoms with van der Waals surface area (Å²) in [4.78, 5) is 17.0. The van der Waals surface area contributed by atoms with Crippen molar-refractivity contribution in [3.05, 3.63) is 24.3 Å². The Hall–Kier alpha value is -1.13. The molecule has 150 valence electrons. The Kier molecular flexibility index (Phi) is 15.2. The number of nitrogens with zero attached hydrogens (tertiary/aromatic N) is 1. The molecule has 0 aromatic heterocycles. The molecule has 26 heavy (non-hydrogen) atoms. The van der Waals surface area contributed by atoms with E-state index in [0.29, 0.717) is 32.7 Å². The Morgan fingerprint density at radius 1 is 0.885 bits per heavy atom. The normalized spacial score (nSPS) is 15.9. The predicted octanol–water partition coefficient (Wildman–Crippen LogP) is 5.59. The fourth-order valence-electron chi connectivity index (χ4n) is 2.91. The van der Waals surface area contributed by atoms with Gasteiger partial charge >= 0.3 is 5.97 Å². The van der Waals surface area contributed by atoms with Crippen molar-refractivity contribution >= 4 is 5.97 Å². The summed E-state index contributed by atoms with van der Waals surface area (Å²) in [6.07, 6.45) is 22.9. The maximum absolute atomic E-state index is 11.7. The largest absolute Gasteiger partial charge is 0.379 e. The van der Waals surface area contributed by atoms with Gasteiger partial charge in [-0.25, -0.2) is 0 Å². The van der Waals surface area contributed by atoms with Gasteiger partial charge in [0.2, 0.25) is 0 Å². The second-order valence-electron chi connectivity index (χ2n) is 6.99. The Bertz CT molecular complexity index is 387. The zero-order valence-corrected chi connectivity index (χ0v) is 16.8. The van der Waals surface area contributed by atoms with Crippen molar-refractivity contribution in [2.24, 2.45) is 0 Å². The fourth-order valence-corrected chi connectivity index (χ4v) is 2.91. The van der Waals surface area contributed by atoms with Crippen LogP contribution in [-0.2, 0) is 14.4 Å². The average Bonchev–Trinajstić information content (AvgIpc) is 2.65. The molecule has 0 bridgehead atoms. The summed E-state index contributed by atoms with van der Waals surface area (Å²) in [5.41, 5.74) is 0. The van der Waals surface area contributed by atoms with Crippen LogP contribution in [0, 0.1) is 0 Å². The number of unbranched alkanes of at least 4 members (excludes halogenated alkanes) is 8. The molecule has 1 saturated heterocycles. The lowest BCUT2D eigenvalue weighted by Gasteiger charge is -2.24. The number of hydrogen-bond acceptors (Lipinski definition) is 4. The SMILES string of the molecule is CCCCC/C=C\C/C=C\CCCCCCCC(=O)ON1CCOCC1. The van der Waals surface area contributed by atoms with Gasteiger partial charge in [0.25, 0.3) is 0 Å². The van der Waals surface area contributed by atoms with E-state index in [1.165, 1.54) is 51.4 Å². The summed E-state index contributed by atoms with van der Waals surface area (Å²) >= 11 is 0. The monoisotopic (exact) mass is 365 g/mol. The van der Waals surface area contributed by atoms with Crippen LogP contribution >= 0.6 is 0 Å². The van der Waals surface area contributed by atoms with E-state index in [4.69, 9.17) is 9.57 Å². The summed E-state index contributed by atoms with van der Waals surface area (Å²) in [5, 5.41) is 1.72. The quantitative estimate of drug-likeness (QED) is 0.280. The third kappa shape index (κ3) is 14.1. The molecule has 1 fully saturated rings. The van der Waals surface area contributed by atoms with E-state index in [1.807, 2.05) is 0 Å². The van der Waals surface area contributed by atoms with E-state index >= 15 is 0 Å². The minimum absolute atomic E-state index is 0.0995. The molecule has 0 amide bonds. The molecule has 0 N–H and O–H groups in total. The van der Waals surface area contributed by atoms with E-state index in [0.717, 1.165) is 19.3 Å². The number of morpholine rings is 1. The van der Waals surface area contributed by atoms with Gasteiger partial charge in [-0.05, 0) is 38.5 Å². The predicted molar refractivity (Wildman–Crippen MR) is 108 cm³/mol. The molecule has 0 radical (unpaired) electrons. The average molecular weight is 366 g/mol. The van der Waals surface area contributed by atoms with Crippen molar-refractivity contribution in [3.63, 3.8) is 0 Å². The van der Waals surface area contributed by atoms with E-state index < -0.39 is 0 Å².